The van der Waals surface area contributed by atoms with Crippen molar-refractivity contribution < 1.29 is 4.74 Å². The summed E-state index contributed by atoms with van der Waals surface area (Å²) in [7, 11) is 0. The summed E-state index contributed by atoms with van der Waals surface area (Å²) in [4.78, 5) is 4.36. The van der Waals surface area contributed by atoms with Crippen LogP contribution in [-0.4, -0.2) is 48.9 Å². The van der Waals surface area contributed by atoms with Gasteiger partial charge in [-0.25, -0.2) is 4.98 Å². The summed E-state index contributed by atoms with van der Waals surface area (Å²) in [5.41, 5.74) is 12.2. The molecule has 1 aliphatic carbocycles. The van der Waals surface area contributed by atoms with E-state index in [-0.39, 0.29) is 12.0 Å². The van der Waals surface area contributed by atoms with Gasteiger partial charge in [0.15, 0.2) is 0 Å². The predicted molar refractivity (Wildman–Crippen MR) is 149 cm³/mol. The van der Waals surface area contributed by atoms with Crippen molar-refractivity contribution in [3.8, 4) is 5.75 Å². The van der Waals surface area contributed by atoms with Gasteiger partial charge in [0.2, 0.25) is 5.65 Å². The molecular weight excluding hydrogens is 488 g/mol. The lowest BCUT2D eigenvalue weighted by molar-refractivity contribution is 0.157. The van der Waals surface area contributed by atoms with Crippen LogP contribution in [0.5, 0.6) is 5.75 Å². The summed E-state index contributed by atoms with van der Waals surface area (Å²) < 4.78 is 8.67. The van der Waals surface area contributed by atoms with Gasteiger partial charge < -0.3 is 15.8 Å². The SMILES string of the molecule is Nc1cc([C@@H]2CCN[C@H]3C[C@H](Cc4ccccc4)[C@@H](C3)Oc3cccc(c3)Cn3cc2cn3)c2n[nH]nc2n1. The molecule has 4 atom stereocenters. The maximum atomic E-state index is 6.68. The molecule has 0 amide bonds. The Labute approximate surface area is 226 Å². The first-order valence-corrected chi connectivity index (χ1v) is 13.7. The Bertz CT molecular complexity index is 1580. The minimum Gasteiger partial charge on any atom is -0.490 e. The molecule has 6 bridgehead atoms. The summed E-state index contributed by atoms with van der Waals surface area (Å²) in [6.07, 6.45) is 8.19. The van der Waals surface area contributed by atoms with Crippen molar-refractivity contribution in [2.45, 2.75) is 50.3 Å². The van der Waals surface area contributed by atoms with Crippen LogP contribution in [0.15, 0.2) is 73.1 Å². The summed E-state index contributed by atoms with van der Waals surface area (Å²) in [5.74, 6) is 1.86. The van der Waals surface area contributed by atoms with Crippen molar-refractivity contribution in [1.82, 2.24) is 35.5 Å². The molecule has 5 aromatic rings. The third-order valence-electron chi connectivity index (χ3n) is 8.14. The third kappa shape index (κ3) is 4.97. The number of fused-ring (bicyclic) bond motifs is 7. The van der Waals surface area contributed by atoms with Crippen molar-refractivity contribution in [3.63, 3.8) is 0 Å². The largest absolute Gasteiger partial charge is 0.490 e. The van der Waals surface area contributed by atoms with E-state index in [1.165, 1.54) is 5.56 Å². The first-order valence-electron chi connectivity index (χ1n) is 13.7. The Morgan fingerprint density at radius 1 is 1.03 bits per heavy atom. The van der Waals surface area contributed by atoms with Gasteiger partial charge in [0, 0.05) is 24.1 Å². The number of anilines is 1. The molecule has 4 heterocycles. The van der Waals surface area contributed by atoms with Gasteiger partial charge in [0.05, 0.1) is 12.7 Å². The van der Waals surface area contributed by atoms with Crippen molar-refractivity contribution in [1.29, 1.82) is 0 Å². The number of aromatic amines is 1. The van der Waals surface area contributed by atoms with Gasteiger partial charge in [-0.05, 0) is 72.7 Å². The summed E-state index contributed by atoms with van der Waals surface area (Å²) >= 11 is 0. The second kappa shape index (κ2) is 10.1. The maximum Gasteiger partial charge on any atom is 0.203 e. The number of pyridine rings is 1. The second-order valence-electron chi connectivity index (χ2n) is 10.8. The van der Waals surface area contributed by atoms with Crippen LogP contribution in [0.25, 0.3) is 11.2 Å². The van der Waals surface area contributed by atoms with E-state index in [1.807, 2.05) is 16.9 Å². The van der Waals surface area contributed by atoms with Crippen LogP contribution in [0.3, 0.4) is 0 Å². The second-order valence-corrected chi connectivity index (χ2v) is 10.8. The standard InChI is InChI=1S/C30H32N8O/c31-28-15-26(29-30(34-28)36-37-35-29)25-9-10-32-23-13-21(11-19-5-2-1-3-6-19)27(14-23)39-24-8-4-7-20(12-24)17-38-18-22(25)16-33-38/h1-8,12,15-16,18,21,23,25,27,32H,9-11,13-14,17H2,(H3,31,34,35,36,37)/t21-,23-,25+,27+/m0/s1. The van der Waals surface area contributed by atoms with Crippen LogP contribution in [0, 0.1) is 5.92 Å². The Kier molecular flexibility index (Phi) is 6.20. The van der Waals surface area contributed by atoms with E-state index in [0.717, 1.165) is 60.2 Å². The number of benzene rings is 2. The summed E-state index contributed by atoms with van der Waals surface area (Å²) in [6.45, 7) is 1.52. The number of nitrogens with two attached hydrogens (primary N) is 1. The van der Waals surface area contributed by atoms with E-state index in [1.54, 1.807) is 0 Å². The molecule has 0 unspecified atom stereocenters. The van der Waals surface area contributed by atoms with Crippen molar-refractivity contribution in [2.75, 3.05) is 12.3 Å². The van der Waals surface area contributed by atoms with Gasteiger partial charge in [0.25, 0.3) is 0 Å². The average Bonchev–Trinajstić information content (AvgIpc) is 3.68. The molecule has 2 aliphatic rings. The molecule has 7 rings (SSSR count). The topological polar surface area (TPSA) is 120 Å². The van der Waals surface area contributed by atoms with Crippen molar-refractivity contribution in [3.05, 3.63) is 95.3 Å². The van der Waals surface area contributed by atoms with E-state index < -0.39 is 0 Å². The number of ether oxygens (including phenoxy) is 1. The molecule has 39 heavy (non-hydrogen) atoms. The van der Waals surface area contributed by atoms with Crippen LogP contribution in [0.4, 0.5) is 5.82 Å². The van der Waals surface area contributed by atoms with E-state index in [9.17, 15) is 0 Å². The molecule has 1 aliphatic heterocycles. The minimum absolute atomic E-state index is 0.0502. The summed E-state index contributed by atoms with van der Waals surface area (Å²) in [6, 6.07) is 21.5. The molecule has 198 valence electrons. The normalized spacial score (nSPS) is 23.2. The lowest BCUT2D eigenvalue weighted by atomic mass is 9.90. The fourth-order valence-electron chi connectivity index (χ4n) is 6.33. The molecule has 0 spiro atoms. The average molecular weight is 521 g/mol. The highest BCUT2D eigenvalue weighted by atomic mass is 16.5. The van der Waals surface area contributed by atoms with E-state index >= 15 is 0 Å². The highest BCUT2D eigenvalue weighted by Gasteiger charge is 2.36. The fraction of sp³-hybridized carbons (Fsp3) is 0.333. The quantitative estimate of drug-likeness (QED) is 0.328. The molecular formula is C30H32N8O. The molecule has 0 radical (unpaired) electrons. The fourth-order valence-corrected chi connectivity index (χ4v) is 6.33. The Hall–Kier alpha value is -4.24. The van der Waals surface area contributed by atoms with E-state index in [4.69, 9.17) is 15.6 Å². The van der Waals surface area contributed by atoms with Crippen LogP contribution < -0.4 is 15.8 Å². The molecule has 9 heteroatoms. The number of rotatable bonds is 3. The Morgan fingerprint density at radius 3 is 2.87 bits per heavy atom. The van der Waals surface area contributed by atoms with Gasteiger partial charge in [-0.15, -0.1) is 5.10 Å². The molecule has 9 nitrogen and oxygen atoms in total. The lowest BCUT2D eigenvalue weighted by Crippen LogP contribution is -2.29. The Morgan fingerprint density at radius 2 is 1.95 bits per heavy atom. The van der Waals surface area contributed by atoms with Crippen LogP contribution >= 0.6 is 0 Å². The first kappa shape index (κ1) is 23.8. The smallest absolute Gasteiger partial charge is 0.203 e. The monoisotopic (exact) mass is 520 g/mol. The molecule has 1 fully saturated rings. The molecule has 0 saturated heterocycles. The van der Waals surface area contributed by atoms with Crippen LogP contribution in [0.2, 0.25) is 0 Å². The van der Waals surface area contributed by atoms with Crippen LogP contribution in [-0.2, 0) is 13.0 Å². The molecule has 4 N–H and O–H groups in total. The van der Waals surface area contributed by atoms with Gasteiger partial charge in [-0.2, -0.15) is 15.4 Å². The van der Waals surface area contributed by atoms with Crippen molar-refractivity contribution in [2.24, 2.45) is 5.92 Å². The van der Waals surface area contributed by atoms with Gasteiger partial charge >= 0.3 is 0 Å². The van der Waals surface area contributed by atoms with Gasteiger partial charge in [0.1, 0.15) is 23.2 Å². The number of aromatic nitrogens is 6. The zero-order valence-electron chi connectivity index (χ0n) is 21.7. The highest BCUT2D eigenvalue weighted by molar-refractivity contribution is 5.77. The third-order valence-corrected chi connectivity index (χ3v) is 8.14. The number of hydrogen-bond acceptors (Lipinski definition) is 7. The predicted octanol–water partition coefficient (Wildman–Crippen LogP) is 4.07. The molecule has 3 aromatic heterocycles. The molecule has 2 aromatic carbocycles. The summed E-state index contributed by atoms with van der Waals surface area (Å²) in [5, 5.41) is 19.9. The van der Waals surface area contributed by atoms with Crippen molar-refractivity contribution >= 4 is 17.0 Å². The van der Waals surface area contributed by atoms with Crippen LogP contribution in [0.1, 0.15) is 47.4 Å². The molecule has 1 saturated carbocycles. The van der Waals surface area contributed by atoms with E-state index in [0.29, 0.717) is 30.0 Å². The highest BCUT2D eigenvalue weighted by Crippen LogP contribution is 2.35. The van der Waals surface area contributed by atoms with Gasteiger partial charge in [-0.3, -0.25) is 4.68 Å². The first-order chi connectivity index (χ1) is 19.2. The Balaban J connectivity index is 1.23. The number of nitrogen functional groups attached to an aromatic ring is 1. The zero-order valence-corrected chi connectivity index (χ0v) is 21.7. The minimum atomic E-state index is 0.0502. The number of nitrogens with zero attached hydrogens (tertiary/aromatic N) is 5. The van der Waals surface area contributed by atoms with Gasteiger partial charge in [-0.1, -0.05) is 42.5 Å². The van der Waals surface area contributed by atoms with E-state index in [2.05, 4.69) is 86.5 Å². The lowest BCUT2D eigenvalue weighted by Gasteiger charge is -2.21. The number of nitrogens with one attached hydrogen (secondary N) is 2. The number of hydrogen-bond donors (Lipinski definition) is 3. The number of H-pyrrole nitrogens is 1. The zero-order chi connectivity index (χ0) is 26.2. The maximum absolute atomic E-state index is 6.68.